The Hall–Kier alpha value is -1.80. The second-order valence-corrected chi connectivity index (χ2v) is 8.67. The summed E-state index contributed by atoms with van der Waals surface area (Å²) in [7, 11) is 0. The number of benzene rings is 1. The minimum Gasteiger partial charge on any atom is -0.493 e. The van der Waals surface area contributed by atoms with Crippen molar-refractivity contribution in [3.8, 4) is 5.75 Å². The van der Waals surface area contributed by atoms with Crippen LogP contribution in [0.15, 0.2) is 18.2 Å². The number of unbranched alkanes of at least 4 members (excludes halogenated alkanes) is 2. The Kier molecular flexibility index (Phi) is 8.18. The molecular formula is C21H30FN3O3S. The van der Waals surface area contributed by atoms with Crippen LogP contribution in [0.2, 0.25) is 0 Å². The van der Waals surface area contributed by atoms with E-state index in [9.17, 15) is 14.0 Å². The molecule has 160 valence electrons. The first-order chi connectivity index (χ1) is 14.0. The lowest BCUT2D eigenvalue weighted by atomic mass is 10.1. The van der Waals surface area contributed by atoms with Crippen molar-refractivity contribution < 1.29 is 18.7 Å². The van der Waals surface area contributed by atoms with Crippen LogP contribution >= 0.6 is 11.9 Å². The first-order valence-electron chi connectivity index (χ1n) is 10.4. The van der Waals surface area contributed by atoms with Gasteiger partial charge in [-0.2, -0.15) is 0 Å². The summed E-state index contributed by atoms with van der Waals surface area (Å²) in [5.41, 5.74) is 0.913. The van der Waals surface area contributed by atoms with Crippen LogP contribution < -0.4 is 14.8 Å². The number of hydrogen-bond donors (Lipinski definition) is 2. The molecule has 29 heavy (non-hydrogen) atoms. The Morgan fingerprint density at radius 1 is 1.28 bits per heavy atom. The predicted octanol–water partition coefficient (Wildman–Crippen LogP) is 4.03. The summed E-state index contributed by atoms with van der Waals surface area (Å²) in [6.45, 7) is 3.54. The number of urea groups is 1. The van der Waals surface area contributed by atoms with E-state index < -0.39 is 0 Å². The van der Waals surface area contributed by atoms with E-state index in [1.165, 1.54) is 18.9 Å². The molecule has 1 aromatic rings. The highest BCUT2D eigenvalue weighted by Gasteiger charge is 2.25. The number of ether oxygens (including phenoxy) is 1. The monoisotopic (exact) mass is 423 g/mol. The van der Waals surface area contributed by atoms with Crippen molar-refractivity contribution in [3.05, 3.63) is 29.6 Å². The number of carbonyl (C=O) groups excluding carboxylic acids is 2. The van der Waals surface area contributed by atoms with Crippen LogP contribution in [-0.4, -0.2) is 42.3 Å². The molecule has 3 amide bonds. The number of imide groups is 1. The molecule has 1 unspecified atom stereocenters. The highest BCUT2D eigenvalue weighted by molar-refractivity contribution is 7.97. The summed E-state index contributed by atoms with van der Waals surface area (Å²) < 4.78 is 23.2. The average Bonchev–Trinajstić information content (AvgIpc) is 3.46. The molecule has 1 aliphatic carbocycles. The van der Waals surface area contributed by atoms with Crippen LogP contribution in [0.5, 0.6) is 5.75 Å². The largest absolute Gasteiger partial charge is 0.493 e. The quantitative estimate of drug-likeness (QED) is 0.285. The molecule has 1 saturated heterocycles. The average molecular weight is 424 g/mol. The zero-order chi connectivity index (χ0) is 20.6. The highest BCUT2D eigenvalue weighted by Crippen LogP contribution is 2.31. The third kappa shape index (κ3) is 7.19. The van der Waals surface area contributed by atoms with Crippen molar-refractivity contribution in [1.29, 1.82) is 0 Å². The Balaban J connectivity index is 1.34. The molecular weight excluding hydrogens is 393 g/mol. The fraction of sp³-hybridized carbons (Fsp3) is 0.619. The van der Waals surface area contributed by atoms with Crippen molar-refractivity contribution in [2.45, 2.75) is 51.5 Å². The summed E-state index contributed by atoms with van der Waals surface area (Å²) in [6, 6.07) is 4.76. The summed E-state index contributed by atoms with van der Waals surface area (Å²) in [5.74, 6) is 1.70. The van der Waals surface area contributed by atoms with Crippen LogP contribution in [0, 0.1) is 11.7 Å². The molecule has 0 bridgehead atoms. The maximum Gasteiger partial charge on any atom is 0.324 e. The molecule has 6 nitrogen and oxygen atoms in total. The number of rotatable bonds is 13. The molecule has 1 heterocycles. The number of halogens is 1. The van der Waals surface area contributed by atoms with Gasteiger partial charge in [0.2, 0.25) is 5.91 Å². The minimum atomic E-state index is -0.285. The molecule has 2 fully saturated rings. The zero-order valence-electron chi connectivity index (χ0n) is 16.9. The number of nitrogens with one attached hydrogen (secondary N) is 2. The van der Waals surface area contributed by atoms with Crippen LogP contribution in [0.4, 0.5) is 9.18 Å². The van der Waals surface area contributed by atoms with E-state index >= 15 is 0 Å². The smallest absolute Gasteiger partial charge is 0.324 e. The third-order valence-electron chi connectivity index (χ3n) is 5.15. The first kappa shape index (κ1) is 21.9. The van der Waals surface area contributed by atoms with Gasteiger partial charge in [-0.05, 0) is 55.7 Å². The van der Waals surface area contributed by atoms with E-state index in [2.05, 4.69) is 17.0 Å². The molecule has 8 heteroatoms. The van der Waals surface area contributed by atoms with Crippen LogP contribution in [0.1, 0.15) is 57.1 Å². The van der Waals surface area contributed by atoms with Crippen LogP contribution in [-0.2, 0) is 4.79 Å². The lowest BCUT2D eigenvalue weighted by Gasteiger charge is -2.18. The molecule has 0 spiro atoms. The molecule has 1 atom stereocenters. The van der Waals surface area contributed by atoms with Gasteiger partial charge in [0.05, 0.1) is 6.61 Å². The molecule has 0 radical (unpaired) electrons. The number of hydrogen-bond acceptors (Lipinski definition) is 5. The van der Waals surface area contributed by atoms with Crippen molar-refractivity contribution >= 4 is 23.9 Å². The number of amides is 3. The topological polar surface area (TPSA) is 70.7 Å². The maximum atomic E-state index is 14.0. The molecule has 2 N–H and O–H groups in total. The SMILES string of the molecule is CCC(NSCCCCCN1CC(=O)NC1=O)c1cc(F)cc(OCC2CC2)c1. The molecule has 1 aliphatic heterocycles. The van der Waals surface area contributed by atoms with Gasteiger partial charge in [-0.1, -0.05) is 25.3 Å². The standard InChI is InChI=1S/C21H30FN3O3S/c1-2-19(16-10-17(22)12-18(11-16)28-14-15-6-7-15)24-29-9-5-3-4-8-25-13-20(26)23-21(25)27/h10-12,15,19,24H,2-9,13-14H2,1H3,(H,23,26,27). The predicted molar refractivity (Wildman–Crippen MR) is 112 cm³/mol. The molecule has 0 aromatic heterocycles. The van der Waals surface area contributed by atoms with Gasteiger partial charge in [0, 0.05) is 24.4 Å². The summed E-state index contributed by atoms with van der Waals surface area (Å²) in [6.07, 6.45) is 6.16. The molecule has 2 aliphatic rings. The van der Waals surface area contributed by atoms with Gasteiger partial charge in [0.25, 0.3) is 0 Å². The van der Waals surface area contributed by atoms with Crippen LogP contribution in [0.25, 0.3) is 0 Å². The summed E-state index contributed by atoms with van der Waals surface area (Å²) in [4.78, 5) is 24.2. The third-order valence-corrected chi connectivity index (χ3v) is 6.10. The van der Waals surface area contributed by atoms with Gasteiger partial charge in [0.15, 0.2) is 0 Å². The van der Waals surface area contributed by atoms with Gasteiger partial charge in [-0.25, -0.2) is 9.18 Å². The Labute approximate surface area is 176 Å². The molecule has 1 aromatic carbocycles. The van der Waals surface area contributed by atoms with E-state index in [0.717, 1.165) is 37.0 Å². The normalized spacial score (nSPS) is 17.5. The number of nitrogens with zero attached hydrogens (tertiary/aromatic N) is 1. The fourth-order valence-electron chi connectivity index (χ4n) is 3.23. The first-order valence-corrected chi connectivity index (χ1v) is 11.4. The van der Waals surface area contributed by atoms with Gasteiger partial charge < -0.3 is 9.64 Å². The van der Waals surface area contributed by atoms with Crippen molar-refractivity contribution in [2.24, 2.45) is 5.92 Å². The van der Waals surface area contributed by atoms with Crippen molar-refractivity contribution in [2.75, 3.05) is 25.4 Å². The number of carbonyl (C=O) groups is 2. The zero-order valence-corrected chi connectivity index (χ0v) is 17.7. The summed E-state index contributed by atoms with van der Waals surface area (Å²) in [5, 5.41) is 2.29. The van der Waals surface area contributed by atoms with E-state index in [-0.39, 0.29) is 30.3 Å². The molecule has 1 saturated carbocycles. The Bertz CT molecular complexity index is 714. The summed E-state index contributed by atoms with van der Waals surface area (Å²) >= 11 is 1.64. The van der Waals surface area contributed by atoms with Gasteiger partial charge in [-0.15, -0.1) is 0 Å². The van der Waals surface area contributed by atoms with Gasteiger partial charge in [-0.3, -0.25) is 14.8 Å². The Morgan fingerprint density at radius 2 is 2.10 bits per heavy atom. The molecule has 3 rings (SSSR count). The second kappa shape index (κ2) is 10.8. The highest BCUT2D eigenvalue weighted by atomic mass is 32.2. The van der Waals surface area contributed by atoms with Gasteiger partial charge >= 0.3 is 6.03 Å². The lowest BCUT2D eigenvalue weighted by Crippen LogP contribution is -2.29. The van der Waals surface area contributed by atoms with Crippen molar-refractivity contribution in [3.63, 3.8) is 0 Å². The van der Waals surface area contributed by atoms with E-state index in [0.29, 0.717) is 24.8 Å². The van der Waals surface area contributed by atoms with E-state index in [1.807, 2.05) is 6.07 Å². The van der Waals surface area contributed by atoms with Gasteiger partial charge in [0.1, 0.15) is 18.1 Å². The fourth-order valence-corrected chi connectivity index (χ4v) is 4.20. The Morgan fingerprint density at radius 3 is 2.79 bits per heavy atom. The second-order valence-electron chi connectivity index (χ2n) is 7.74. The van der Waals surface area contributed by atoms with Crippen LogP contribution in [0.3, 0.4) is 0 Å². The van der Waals surface area contributed by atoms with Crippen molar-refractivity contribution in [1.82, 2.24) is 14.9 Å². The maximum absolute atomic E-state index is 14.0. The minimum absolute atomic E-state index is 0.0679. The van der Waals surface area contributed by atoms with E-state index in [1.54, 1.807) is 22.9 Å². The van der Waals surface area contributed by atoms with E-state index in [4.69, 9.17) is 4.74 Å². The lowest BCUT2D eigenvalue weighted by molar-refractivity contribution is -0.118.